The summed E-state index contributed by atoms with van der Waals surface area (Å²) >= 11 is 7.68. The lowest BCUT2D eigenvalue weighted by molar-refractivity contribution is -0.0431. The SMILES string of the molecule is COc1cnc2c(-c3nc4cc(F)c(O[C@@H]5CC[C@@H]5OC(=O)Nc5cnc(OCCO)nc5)cc4s3)cc(Cl)cc2n1. The lowest BCUT2D eigenvalue weighted by Crippen LogP contribution is -2.45. The standard InChI is InChI=1S/C27H22ClFN6O6S/c1-38-23-12-30-24-15(6-13(28)7-18(24)34-23)25-35-17-8-16(29)21(9-22(17)42-25)40-19-2-3-20(19)41-27(37)33-14-10-31-26(32-11-14)39-5-4-36/h6-12,19-20,36H,2-5H2,1H3,(H,33,37)/t19-,20+/m1/s1. The number of hydrogen-bond donors (Lipinski definition) is 2. The summed E-state index contributed by atoms with van der Waals surface area (Å²) in [7, 11) is 1.50. The third-order valence-corrected chi connectivity index (χ3v) is 7.62. The van der Waals surface area contributed by atoms with Crippen LogP contribution in [0.15, 0.2) is 42.9 Å². The number of methoxy groups -OCH3 is 1. The van der Waals surface area contributed by atoms with Crippen LogP contribution in [0.5, 0.6) is 17.6 Å². The number of aliphatic hydroxyl groups is 1. The first-order valence-electron chi connectivity index (χ1n) is 12.7. The van der Waals surface area contributed by atoms with Crippen molar-refractivity contribution in [3.8, 4) is 28.2 Å². The van der Waals surface area contributed by atoms with E-state index in [4.69, 9.17) is 35.7 Å². The molecule has 1 aliphatic rings. The predicted molar refractivity (Wildman–Crippen MR) is 152 cm³/mol. The monoisotopic (exact) mass is 612 g/mol. The van der Waals surface area contributed by atoms with Gasteiger partial charge in [0, 0.05) is 22.7 Å². The number of halogens is 2. The molecule has 12 nitrogen and oxygen atoms in total. The van der Waals surface area contributed by atoms with Crippen molar-refractivity contribution < 1.29 is 33.2 Å². The van der Waals surface area contributed by atoms with Gasteiger partial charge in [-0.1, -0.05) is 11.6 Å². The molecule has 1 saturated carbocycles. The summed E-state index contributed by atoms with van der Waals surface area (Å²) in [4.78, 5) is 33.7. The minimum absolute atomic E-state index is 0.0313. The van der Waals surface area contributed by atoms with Gasteiger partial charge in [0.05, 0.1) is 59.2 Å². The first kappa shape index (κ1) is 27.8. The van der Waals surface area contributed by atoms with Gasteiger partial charge in [0.2, 0.25) is 5.88 Å². The van der Waals surface area contributed by atoms with Crippen LogP contribution >= 0.6 is 22.9 Å². The zero-order chi connectivity index (χ0) is 29.2. The fraction of sp³-hybridized carbons (Fsp3) is 0.259. The van der Waals surface area contributed by atoms with E-state index >= 15 is 4.39 Å². The first-order valence-corrected chi connectivity index (χ1v) is 13.9. The molecule has 3 heterocycles. The third kappa shape index (κ3) is 5.82. The van der Waals surface area contributed by atoms with Crippen molar-refractivity contribution in [1.82, 2.24) is 24.9 Å². The van der Waals surface area contributed by atoms with Gasteiger partial charge in [-0.05, 0) is 25.0 Å². The molecular formula is C27H22ClFN6O6S. The normalized spacial score (nSPS) is 16.2. The number of aliphatic hydroxyl groups excluding tert-OH is 1. The first-order chi connectivity index (χ1) is 20.4. The summed E-state index contributed by atoms with van der Waals surface area (Å²) in [6.07, 6.45) is 3.53. The van der Waals surface area contributed by atoms with Gasteiger partial charge < -0.3 is 24.1 Å². The van der Waals surface area contributed by atoms with E-state index in [1.807, 2.05) is 0 Å². The van der Waals surface area contributed by atoms with Crippen LogP contribution in [-0.2, 0) is 4.74 Å². The molecule has 15 heteroatoms. The molecule has 0 radical (unpaired) electrons. The highest BCUT2D eigenvalue weighted by Crippen LogP contribution is 2.39. The minimum Gasteiger partial charge on any atom is -0.483 e. The van der Waals surface area contributed by atoms with Gasteiger partial charge in [0.1, 0.15) is 23.8 Å². The second-order valence-electron chi connectivity index (χ2n) is 9.13. The lowest BCUT2D eigenvalue weighted by atomic mass is 9.92. The van der Waals surface area contributed by atoms with E-state index < -0.39 is 24.1 Å². The third-order valence-electron chi connectivity index (χ3n) is 6.36. The molecule has 5 aromatic rings. The Morgan fingerprint density at radius 3 is 2.64 bits per heavy atom. The van der Waals surface area contributed by atoms with Gasteiger partial charge in [-0.2, -0.15) is 0 Å². The Morgan fingerprint density at radius 1 is 1.10 bits per heavy atom. The van der Waals surface area contributed by atoms with Gasteiger partial charge in [-0.3, -0.25) is 5.32 Å². The summed E-state index contributed by atoms with van der Waals surface area (Å²) in [5.41, 5.74) is 2.53. The average molecular weight is 613 g/mol. The summed E-state index contributed by atoms with van der Waals surface area (Å²) in [6.45, 7) is -0.116. The Bertz CT molecular complexity index is 1770. The zero-order valence-corrected chi connectivity index (χ0v) is 23.5. The Kier molecular flexibility index (Phi) is 7.82. The number of hydrogen-bond acceptors (Lipinski definition) is 12. The van der Waals surface area contributed by atoms with E-state index in [1.165, 1.54) is 43.1 Å². The van der Waals surface area contributed by atoms with Crippen molar-refractivity contribution in [2.24, 2.45) is 0 Å². The molecule has 0 unspecified atom stereocenters. The molecule has 216 valence electrons. The van der Waals surface area contributed by atoms with Crippen LogP contribution < -0.4 is 19.5 Å². The van der Waals surface area contributed by atoms with Crippen molar-refractivity contribution in [3.63, 3.8) is 0 Å². The second kappa shape index (κ2) is 11.8. The van der Waals surface area contributed by atoms with Crippen molar-refractivity contribution in [2.45, 2.75) is 25.0 Å². The molecule has 1 fully saturated rings. The largest absolute Gasteiger partial charge is 0.483 e. The van der Waals surface area contributed by atoms with E-state index in [2.05, 4.69) is 30.2 Å². The maximum Gasteiger partial charge on any atom is 0.412 e. The van der Waals surface area contributed by atoms with Crippen molar-refractivity contribution in [2.75, 3.05) is 25.6 Å². The van der Waals surface area contributed by atoms with Gasteiger partial charge >= 0.3 is 12.1 Å². The van der Waals surface area contributed by atoms with Crippen LogP contribution in [0.25, 0.3) is 31.8 Å². The number of ether oxygens (including phenoxy) is 4. The fourth-order valence-electron chi connectivity index (χ4n) is 4.22. The summed E-state index contributed by atoms with van der Waals surface area (Å²) < 4.78 is 37.4. The van der Waals surface area contributed by atoms with Crippen LogP contribution in [0.3, 0.4) is 0 Å². The Balaban J connectivity index is 1.15. The number of thiazole rings is 1. The van der Waals surface area contributed by atoms with Crippen molar-refractivity contribution >= 4 is 56.0 Å². The van der Waals surface area contributed by atoms with Crippen LogP contribution in [-0.4, -0.2) is 68.7 Å². The van der Waals surface area contributed by atoms with Gasteiger partial charge in [0.25, 0.3) is 0 Å². The number of nitrogens with zero attached hydrogens (tertiary/aromatic N) is 5. The van der Waals surface area contributed by atoms with Crippen LogP contribution in [0.1, 0.15) is 12.8 Å². The van der Waals surface area contributed by atoms with Crippen LogP contribution in [0.2, 0.25) is 5.02 Å². The molecule has 0 spiro atoms. The Hall–Kier alpha value is -4.40. The number of anilines is 1. The van der Waals surface area contributed by atoms with Crippen molar-refractivity contribution in [3.05, 3.63) is 53.7 Å². The Morgan fingerprint density at radius 2 is 1.90 bits per heavy atom. The number of fused-ring (bicyclic) bond motifs is 2. The molecule has 1 aliphatic carbocycles. The molecule has 0 aliphatic heterocycles. The summed E-state index contributed by atoms with van der Waals surface area (Å²) in [5, 5.41) is 12.4. The van der Waals surface area contributed by atoms with E-state index in [0.717, 1.165) is 0 Å². The topological polar surface area (TPSA) is 151 Å². The van der Waals surface area contributed by atoms with E-state index in [0.29, 0.717) is 61.3 Å². The van der Waals surface area contributed by atoms with Gasteiger partial charge in [-0.15, -0.1) is 11.3 Å². The number of rotatable bonds is 9. The molecule has 3 aromatic heterocycles. The molecule has 2 aromatic carbocycles. The van der Waals surface area contributed by atoms with E-state index in [1.54, 1.807) is 18.2 Å². The fourth-order valence-corrected chi connectivity index (χ4v) is 5.42. The lowest BCUT2D eigenvalue weighted by Gasteiger charge is -2.35. The predicted octanol–water partition coefficient (Wildman–Crippen LogP) is 5.03. The molecule has 1 amide bonds. The van der Waals surface area contributed by atoms with Gasteiger partial charge in [-0.25, -0.2) is 34.1 Å². The molecule has 42 heavy (non-hydrogen) atoms. The highest BCUT2D eigenvalue weighted by atomic mass is 35.5. The minimum atomic E-state index is -0.724. The van der Waals surface area contributed by atoms with Crippen LogP contribution in [0.4, 0.5) is 14.9 Å². The van der Waals surface area contributed by atoms with Crippen molar-refractivity contribution in [1.29, 1.82) is 0 Å². The molecule has 0 bridgehead atoms. The average Bonchev–Trinajstić information content (AvgIpc) is 3.39. The van der Waals surface area contributed by atoms with E-state index in [-0.39, 0.29) is 25.0 Å². The molecule has 2 N–H and O–H groups in total. The highest BCUT2D eigenvalue weighted by Gasteiger charge is 2.37. The zero-order valence-electron chi connectivity index (χ0n) is 21.9. The highest BCUT2D eigenvalue weighted by molar-refractivity contribution is 7.21. The van der Waals surface area contributed by atoms with Crippen LogP contribution in [0, 0.1) is 5.82 Å². The maximum atomic E-state index is 15.1. The number of carbonyl (C=O) groups excluding carboxylic acids is 1. The number of amides is 1. The Labute approximate surface area is 246 Å². The molecule has 0 saturated heterocycles. The van der Waals surface area contributed by atoms with E-state index in [9.17, 15) is 4.79 Å². The molecular weight excluding hydrogens is 591 g/mol. The number of benzene rings is 2. The maximum absolute atomic E-state index is 15.1. The number of aromatic nitrogens is 5. The number of nitrogens with one attached hydrogen (secondary N) is 1. The molecule has 6 rings (SSSR count). The second-order valence-corrected chi connectivity index (χ2v) is 10.6. The van der Waals surface area contributed by atoms with Gasteiger partial charge in [0.15, 0.2) is 11.6 Å². The molecule has 2 atom stereocenters. The quantitative estimate of drug-likeness (QED) is 0.231. The smallest absolute Gasteiger partial charge is 0.412 e. The number of carbonyl (C=O) groups is 1. The summed E-state index contributed by atoms with van der Waals surface area (Å²) in [5.74, 6) is -0.202. The summed E-state index contributed by atoms with van der Waals surface area (Å²) in [6, 6.07) is 6.38.